The van der Waals surface area contributed by atoms with Crippen LogP contribution in [0.4, 0.5) is 5.69 Å². The van der Waals surface area contributed by atoms with E-state index in [1.165, 1.54) is 49.6 Å². The molecule has 14 heteroatoms. The summed E-state index contributed by atoms with van der Waals surface area (Å²) in [5.41, 5.74) is 1.41. The summed E-state index contributed by atoms with van der Waals surface area (Å²) in [6, 6.07) is 11.7. The number of piperidine rings is 1. The van der Waals surface area contributed by atoms with E-state index in [9.17, 15) is 28.1 Å². The molecule has 0 unspecified atom stereocenters. The maximum absolute atomic E-state index is 13.7. The third kappa shape index (κ3) is 7.60. The van der Waals surface area contributed by atoms with E-state index in [1.54, 1.807) is 19.9 Å². The van der Waals surface area contributed by atoms with Crippen molar-refractivity contribution in [1.29, 1.82) is 0 Å². The number of rotatable bonds is 10. The predicted molar refractivity (Wildman–Crippen MR) is 159 cm³/mol. The highest BCUT2D eigenvalue weighted by Crippen LogP contribution is 2.40. The SMILES string of the molecule is COC(=O)C1=C(C)NC(C)=C(C(=O)O[C@H]2CCCN(CCNS(=O)(=O)c3ccc(Cl)cc3)C2)[C@H]1c1cccc([N+](=O)[O-])c1. The molecule has 0 spiro atoms. The van der Waals surface area contributed by atoms with Crippen LogP contribution in [0, 0.1) is 10.1 Å². The summed E-state index contributed by atoms with van der Waals surface area (Å²) in [7, 11) is -2.48. The number of benzene rings is 2. The number of dihydropyridines is 1. The van der Waals surface area contributed by atoms with E-state index in [-0.39, 0.29) is 28.3 Å². The third-order valence-electron chi connectivity index (χ3n) is 7.38. The van der Waals surface area contributed by atoms with Crippen LogP contribution in [0.15, 0.2) is 76.0 Å². The summed E-state index contributed by atoms with van der Waals surface area (Å²) in [5.74, 6) is -2.29. The lowest BCUT2D eigenvalue weighted by atomic mass is 9.80. The van der Waals surface area contributed by atoms with Crippen molar-refractivity contribution in [2.75, 3.05) is 33.3 Å². The molecule has 0 bridgehead atoms. The summed E-state index contributed by atoms with van der Waals surface area (Å²) in [4.78, 5) is 39.7. The summed E-state index contributed by atoms with van der Waals surface area (Å²) in [6.07, 6.45) is 0.825. The molecule has 43 heavy (non-hydrogen) atoms. The monoisotopic (exact) mass is 632 g/mol. The molecule has 0 saturated carbocycles. The Hall–Kier alpha value is -3.78. The molecule has 4 rings (SSSR count). The van der Waals surface area contributed by atoms with E-state index >= 15 is 0 Å². The molecule has 1 saturated heterocycles. The molecule has 2 aromatic carbocycles. The fraction of sp³-hybridized carbons (Fsp3) is 0.379. The predicted octanol–water partition coefficient (Wildman–Crippen LogP) is 3.64. The molecule has 0 aromatic heterocycles. The maximum Gasteiger partial charge on any atom is 0.337 e. The third-order valence-corrected chi connectivity index (χ3v) is 9.11. The zero-order valence-electron chi connectivity index (χ0n) is 24.0. The minimum atomic E-state index is -3.71. The molecule has 2 aliphatic rings. The lowest BCUT2D eigenvalue weighted by Gasteiger charge is -2.34. The smallest absolute Gasteiger partial charge is 0.337 e. The standard InChI is InChI=1S/C29H33ClN4O8S/c1-18-25(28(35)41-3)27(20-6-4-7-22(16-20)34(37)38)26(19(2)32-18)29(36)42-23-8-5-14-33(17-23)15-13-31-43(39,40)24-11-9-21(30)10-12-24/h4,6-7,9-12,16,23,27,31-32H,5,8,13-15,17H2,1-3H3/t23-,27-/m0/s1. The molecule has 2 atom stereocenters. The van der Waals surface area contributed by atoms with Gasteiger partial charge in [-0.3, -0.25) is 15.0 Å². The van der Waals surface area contributed by atoms with Gasteiger partial charge in [0.1, 0.15) is 6.10 Å². The lowest BCUT2D eigenvalue weighted by Crippen LogP contribution is -2.44. The lowest BCUT2D eigenvalue weighted by molar-refractivity contribution is -0.384. The van der Waals surface area contributed by atoms with Crippen molar-refractivity contribution in [2.45, 2.75) is 43.6 Å². The van der Waals surface area contributed by atoms with Gasteiger partial charge in [-0.2, -0.15) is 0 Å². The number of nitro groups is 1. The van der Waals surface area contributed by atoms with E-state index < -0.39 is 38.9 Å². The Kier molecular flexibility index (Phi) is 10.2. The Morgan fingerprint density at radius 2 is 1.79 bits per heavy atom. The molecule has 1 fully saturated rings. The number of halogens is 1. The van der Waals surface area contributed by atoms with Crippen molar-refractivity contribution >= 4 is 39.3 Å². The van der Waals surface area contributed by atoms with Gasteiger partial charge in [0.2, 0.25) is 10.0 Å². The van der Waals surface area contributed by atoms with Gasteiger partial charge >= 0.3 is 11.9 Å². The van der Waals surface area contributed by atoms with Crippen LogP contribution < -0.4 is 10.0 Å². The molecule has 0 aliphatic carbocycles. The van der Waals surface area contributed by atoms with E-state index in [0.29, 0.717) is 48.0 Å². The van der Waals surface area contributed by atoms with Crippen LogP contribution in [0.1, 0.15) is 38.2 Å². The van der Waals surface area contributed by atoms with Gasteiger partial charge in [-0.05, 0) is 63.1 Å². The number of hydrogen-bond acceptors (Lipinski definition) is 10. The number of esters is 2. The van der Waals surface area contributed by atoms with Gasteiger partial charge in [-0.15, -0.1) is 0 Å². The van der Waals surface area contributed by atoms with Crippen LogP contribution in [0.5, 0.6) is 0 Å². The molecule has 230 valence electrons. The van der Waals surface area contributed by atoms with Gasteiger partial charge in [-0.25, -0.2) is 22.7 Å². The number of likely N-dealkylation sites (tertiary alicyclic amines) is 1. The average molecular weight is 633 g/mol. The number of nitro benzene ring substituents is 1. The van der Waals surface area contributed by atoms with Gasteiger partial charge in [0.15, 0.2) is 0 Å². The number of nitrogens with one attached hydrogen (secondary N) is 2. The quantitative estimate of drug-likeness (QED) is 0.225. The van der Waals surface area contributed by atoms with Crippen molar-refractivity contribution in [2.24, 2.45) is 0 Å². The summed E-state index contributed by atoms with van der Waals surface area (Å²) in [6.45, 7) is 4.98. The first-order valence-electron chi connectivity index (χ1n) is 13.6. The summed E-state index contributed by atoms with van der Waals surface area (Å²) < 4.78 is 38.7. The van der Waals surface area contributed by atoms with Crippen LogP contribution >= 0.6 is 11.6 Å². The topological polar surface area (TPSA) is 157 Å². The molecular formula is C29H33ClN4O8S. The Bertz CT molecular complexity index is 1570. The largest absolute Gasteiger partial charge is 0.466 e. The van der Waals surface area contributed by atoms with Crippen LogP contribution in [0.3, 0.4) is 0 Å². The number of nitrogens with zero attached hydrogens (tertiary/aromatic N) is 2. The van der Waals surface area contributed by atoms with Crippen LogP contribution in [-0.4, -0.2) is 69.6 Å². The van der Waals surface area contributed by atoms with E-state index in [0.717, 1.165) is 6.42 Å². The van der Waals surface area contributed by atoms with E-state index in [2.05, 4.69) is 10.0 Å². The van der Waals surface area contributed by atoms with Gasteiger partial charge in [0.25, 0.3) is 5.69 Å². The Morgan fingerprint density at radius 1 is 1.12 bits per heavy atom. The number of carbonyl (C=O) groups is 2. The van der Waals surface area contributed by atoms with Crippen molar-refractivity contribution in [3.63, 3.8) is 0 Å². The molecule has 2 aliphatic heterocycles. The minimum absolute atomic E-state index is 0.112. The van der Waals surface area contributed by atoms with Gasteiger partial charge in [0.05, 0.1) is 34.0 Å². The second-order valence-electron chi connectivity index (χ2n) is 10.3. The molecule has 2 heterocycles. The highest BCUT2D eigenvalue weighted by Gasteiger charge is 2.39. The number of carbonyl (C=O) groups excluding carboxylic acids is 2. The van der Waals surface area contributed by atoms with Gasteiger partial charge in [0, 0.05) is 48.2 Å². The van der Waals surface area contributed by atoms with Crippen molar-refractivity contribution in [1.82, 2.24) is 14.9 Å². The fourth-order valence-corrected chi connectivity index (χ4v) is 6.51. The Balaban J connectivity index is 1.48. The van der Waals surface area contributed by atoms with Crippen molar-refractivity contribution in [3.05, 3.63) is 91.8 Å². The first kappa shape index (κ1) is 32.1. The minimum Gasteiger partial charge on any atom is -0.466 e. The van der Waals surface area contributed by atoms with Crippen molar-refractivity contribution in [3.8, 4) is 0 Å². The van der Waals surface area contributed by atoms with Gasteiger partial charge < -0.3 is 14.8 Å². The Labute approximate surface area is 254 Å². The molecule has 0 radical (unpaired) electrons. The highest BCUT2D eigenvalue weighted by molar-refractivity contribution is 7.89. The molecule has 12 nitrogen and oxygen atoms in total. The number of ether oxygens (including phenoxy) is 2. The zero-order valence-corrected chi connectivity index (χ0v) is 25.5. The molecule has 2 N–H and O–H groups in total. The van der Waals surface area contributed by atoms with Crippen LogP contribution in [-0.2, 0) is 29.1 Å². The molecule has 0 amide bonds. The maximum atomic E-state index is 13.7. The summed E-state index contributed by atoms with van der Waals surface area (Å²) >= 11 is 5.85. The van der Waals surface area contributed by atoms with Gasteiger partial charge in [-0.1, -0.05) is 23.7 Å². The second kappa shape index (κ2) is 13.7. The number of non-ortho nitro benzene ring substituents is 1. The number of methoxy groups -OCH3 is 1. The Morgan fingerprint density at radius 3 is 2.44 bits per heavy atom. The number of allylic oxidation sites excluding steroid dienone is 2. The molecular weight excluding hydrogens is 600 g/mol. The van der Waals surface area contributed by atoms with Crippen LogP contribution in [0.2, 0.25) is 5.02 Å². The van der Waals surface area contributed by atoms with E-state index in [4.69, 9.17) is 21.1 Å². The number of sulfonamides is 1. The molecule has 2 aromatic rings. The highest BCUT2D eigenvalue weighted by atomic mass is 35.5. The van der Waals surface area contributed by atoms with E-state index in [1.807, 2.05) is 4.90 Å². The average Bonchev–Trinajstić information content (AvgIpc) is 2.96. The fourth-order valence-electron chi connectivity index (χ4n) is 5.36. The van der Waals surface area contributed by atoms with Crippen LogP contribution in [0.25, 0.3) is 0 Å². The van der Waals surface area contributed by atoms with Crippen molar-refractivity contribution < 1.29 is 32.4 Å². The second-order valence-corrected chi connectivity index (χ2v) is 12.5. The number of hydrogen-bond donors (Lipinski definition) is 2. The summed E-state index contributed by atoms with van der Waals surface area (Å²) in [5, 5.41) is 15.0. The normalized spacial score (nSPS) is 19.5. The first-order valence-corrected chi connectivity index (χ1v) is 15.5. The first-order chi connectivity index (χ1) is 20.4. The zero-order chi connectivity index (χ0) is 31.3.